The van der Waals surface area contributed by atoms with Crippen LogP contribution < -0.4 is 15.4 Å². The molecule has 14 nitrogen and oxygen atoms in total. The molecule has 0 bridgehead atoms. The zero-order chi connectivity index (χ0) is 46.6. The van der Waals surface area contributed by atoms with Crippen LogP contribution in [0, 0.1) is 11.8 Å². The first-order chi connectivity index (χ1) is 33.1. The fourth-order valence-corrected chi connectivity index (χ4v) is 11.6. The lowest BCUT2D eigenvalue weighted by Gasteiger charge is -2.30. The Hall–Kier alpha value is -6.44. The highest BCUT2D eigenvalue weighted by Crippen LogP contribution is 2.46. The smallest absolute Gasteiger partial charge is 0.407 e. The number of carbonyl (C=O) groups is 4. The molecular formula is C54H62N8O6. The zero-order valence-corrected chi connectivity index (χ0v) is 39.4. The molecule has 4 amide bonds. The van der Waals surface area contributed by atoms with Crippen molar-refractivity contribution in [2.24, 2.45) is 11.8 Å². The summed E-state index contributed by atoms with van der Waals surface area (Å²) in [5.41, 5.74) is 11.5. The van der Waals surface area contributed by atoms with Crippen molar-refractivity contribution >= 4 is 23.8 Å². The molecular weight excluding hydrogens is 857 g/mol. The molecule has 68 heavy (non-hydrogen) atoms. The Morgan fingerprint density at radius 3 is 2.31 bits per heavy atom. The lowest BCUT2D eigenvalue weighted by Crippen LogP contribution is -2.51. The number of carbonyl (C=O) groups excluding carboxylic acids is 4. The van der Waals surface area contributed by atoms with Crippen LogP contribution in [0.5, 0.6) is 5.75 Å². The number of aromatic nitrogens is 4. The second kappa shape index (κ2) is 18.2. The predicted molar refractivity (Wildman–Crippen MR) is 256 cm³/mol. The summed E-state index contributed by atoms with van der Waals surface area (Å²) in [6, 6.07) is 17.4. The standard InChI is InChI=1S/C54H62N8O6/c1-30(2)46(60-54(66)67-3)52(64)61-22-8-14-43(61)49-55-28-42(57-49)35-18-20-38-37(25-35)29-68-45-27-39-34(26-40(38)45)19-21-41-48(39)58-50(56-41)44-15-9-23-62(44)53(65)47(59-51(63)32-16-17-32)36-13-7-12-33(24-36)31-10-5-4-6-11-31/h7,12-13,18,20,24-28,30-32,43-44,46-47H,4-6,8-11,14-17,19,21-23,29H2,1-3H3,(H,55,57)(H,56,58)(H,59,63)(H,60,66)/t43-,44-,46-,47+/m0/s1. The van der Waals surface area contributed by atoms with E-state index in [0.717, 1.165) is 119 Å². The van der Waals surface area contributed by atoms with Gasteiger partial charge in [-0.3, -0.25) is 14.4 Å². The van der Waals surface area contributed by atoms with E-state index in [1.165, 1.54) is 50.3 Å². The lowest BCUT2D eigenvalue weighted by molar-refractivity contribution is -0.138. The first-order valence-electron chi connectivity index (χ1n) is 25.0. The largest absolute Gasteiger partial charge is 0.488 e. The molecule has 4 atom stereocenters. The molecule has 0 unspecified atom stereocenters. The topological polar surface area (TPSA) is 175 Å². The molecule has 3 aromatic carbocycles. The maximum absolute atomic E-state index is 14.8. The monoisotopic (exact) mass is 918 g/mol. The molecule has 5 heterocycles. The van der Waals surface area contributed by atoms with Gasteiger partial charge < -0.3 is 39.9 Å². The number of ether oxygens (including phenoxy) is 2. The van der Waals surface area contributed by atoms with Gasteiger partial charge in [0.05, 0.1) is 36.8 Å². The van der Waals surface area contributed by atoms with Gasteiger partial charge in [0.1, 0.15) is 36.1 Å². The van der Waals surface area contributed by atoms with E-state index in [1.54, 1.807) is 0 Å². The minimum atomic E-state index is -0.737. The number of alkyl carbamates (subject to hydrolysis) is 1. The minimum absolute atomic E-state index is 0.00665. The Bertz CT molecular complexity index is 2770. The number of methoxy groups -OCH3 is 1. The van der Waals surface area contributed by atoms with Crippen LogP contribution in [0.25, 0.3) is 33.6 Å². The SMILES string of the molecule is COC(=O)N[C@H](C(=O)N1CCC[C@H]1c1ncc(-c2ccc3c(c2)COc2cc4c(cc2-3)CCc2[nH]c([C@@H]3CCCN3C(=O)[C@H](NC(=O)C3CC3)c3cccc(C5CCCCC5)c3)nc2-4)[nH]1)C(C)C. The third-order valence-electron chi connectivity index (χ3n) is 15.5. The highest BCUT2D eigenvalue weighted by atomic mass is 16.5. The fraction of sp³-hybridized carbons (Fsp3) is 0.481. The summed E-state index contributed by atoms with van der Waals surface area (Å²) in [4.78, 5) is 74.9. The van der Waals surface area contributed by atoms with Crippen molar-refractivity contribution in [1.29, 1.82) is 0 Å². The number of fused-ring (bicyclic) bond motifs is 6. The minimum Gasteiger partial charge on any atom is -0.488 e. The van der Waals surface area contributed by atoms with Gasteiger partial charge in [-0.2, -0.15) is 0 Å². The average Bonchev–Trinajstić information content (AvgIpc) is 3.77. The molecule has 5 aromatic rings. The van der Waals surface area contributed by atoms with Gasteiger partial charge in [-0.25, -0.2) is 14.8 Å². The number of hydrogen-bond donors (Lipinski definition) is 4. The number of aryl methyl sites for hydroxylation is 2. The molecule has 354 valence electrons. The summed E-state index contributed by atoms with van der Waals surface area (Å²) in [6.45, 7) is 5.43. The van der Waals surface area contributed by atoms with Crippen LogP contribution in [0.1, 0.15) is 148 Å². The van der Waals surface area contributed by atoms with Crippen molar-refractivity contribution in [1.82, 2.24) is 40.4 Å². The second-order valence-electron chi connectivity index (χ2n) is 20.3. The third kappa shape index (κ3) is 8.33. The molecule has 14 heteroatoms. The van der Waals surface area contributed by atoms with Crippen molar-refractivity contribution in [2.45, 2.75) is 134 Å². The first kappa shape index (κ1) is 44.1. The quantitative estimate of drug-likeness (QED) is 0.102. The molecule has 0 radical (unpaired) electrons. The fourth-order valence-electron chi connectivity index (χ4n) is 11.6. The van der Waals surface area contributed by atoms with Crippen molar-refractivity contribution in [2.75, 3.05) is 20.2 Å². The van der Waals surface area contributed by atoms with Crippen LogP contribution in [0.4, 0.5) is 4.79 Å². The van der Waals surface area contributed by atoms with Crippen LogP contribution >= 0.6 is 0 Å². The summed E-state index contributed by atoms with van der Waals surface area (Å²) in [5, 5.41) is 5.93. The molecule has 2 saturated heterocycles. The number of rotatable bonds is 11. The summed E-state index contributed by atoms with van der Waals surface area (Å²) in [5.74, 6) is 2.50. The molecule has 2 aromatic heterocycles. The van der Waals surface area contributed by atoms with E-state index in [0.29, 0.717) is 25.6 Å². The van der Waals surface area contributed by atoms with Crippen LogP contribution in [0.3, 0.4) is 0 Å². The van der Waals surface area contributed by atoms with Crippen LogP contribution in [-0.4, -0.2) is 79.8 Å². The molecule has 2 saturated carbocycles. The van der Waals surface area contributed by atoms with Gasteiger partial charge in [0.25, 0.3) is 0 Å². The molecule has 11 rings (SSSR count). The summed E-state index contributed by atoms with van der Waals surface area (Å²) >= 11 is 0. The van der Waals surface area contributed by atoms with Gasteiger partial charge in [-0.05, 0) is 128 Å². The molecule has 4 fully saturated rings. The average molecular weight is 919 g/mol. The molecule has 3 aliphatic heterocycles. The highest BCUT2D eigenvalue weighted by Gasteiger charge is 2.41. The summed E-state index contributed by atoms with van der Waals surface area (Å²) in [6.07, 6.45) is 14.0. The Morgan fingerprint density at radius 1 is 0.765 bits per heavy atom. The van der Waals surface area contributed by atoms with E-state index >= 15 is 0 Å². The van der Waals surface area contributed by atoms with Crippen molar-refractivity contribution in [3.63, 3.8) is 0 Å². The number of imidazole rings is 2. The van der Waals surface area contributed by atoms with E-state index in [-0.39, 0.29) is 41.6 Å². The van der Waals surface area contributed by atoms with Gasteiger partial charge in [0.2, 0.25) is 17.7 Å². The van der Waals surface area contributed by atoms with Crippen molar-refractivity contribution in [3.05, 3.63) is 100 Å². The molecule has 3 aliphatic carbocycles. The number of benzene rings is 3. The number of hydrogen-bond acceptors (Lipinski definition) is 8. The lowest BCUT2D eigenvalue weighted by atomic mass is 9.83. The number of nitrogens with zero attached hydrogens (tertiary/aromatic N) is 4. The van der Waals surface area contributed by atoms with E-state index in [9.17, 15) is 19.2 Å². The van der Waals surface area contributed by atoms with Gasteiger partial charge in [-0.15, -0.1) is 0 Å². The molecule has 6 aliphatic rings. The number of likely N-dealkylation sites (tertiary alicyclic amines) is 2. The van der Waals surface area contributed by atoms with Gasteiger partial charge in [0, 0.05) is 35.8 Å². The number of amides is 4. The normalized spacial score (nSPS) is 20.7. The van der Waals surface area contributed by atoms with Gasteiger partial charge in [-0.1, -0.05) is 69.5 Å². The highest BCUT2D eigenvalue weighted by molar-refractivity contribution is 5.91. The van der Waals surface area contributed by atoms with Crippen LogP contribution in [0.15, 0.2) is 60.8 Å². The van der Waals surface area contributed by atoms with E-state index in [1.807, 2.05) is 35.9 Å². The molecule has 4 N–H and O–H groups in total. The number of H-pyrrole nitrogens is 2. The van der Waals surface area contributed by atoms with Crippen molar-refractivity contribution in [3.8, 4) is 39.4 Å². The Morgan fingerprint density at radius 2 is 1.54 bits per heavy atom. The summed E-state index contributed by atoms with van der Waals surface area (Å²) < 4.78 is 11.3. The maximum Gasteiger partial charge on any atom is 0.407 e. The Labute approximate surface area is 397 Å². The van der Waals surface area contributed by atoms with Crippen molar-refractivity contribution < 1.29 is 28.7 Å². The molecule has 0 spiro atoms. The second-order valence-corrected chi connectivity index (χ2v) is 20.3. The maximum atomic E-state index is 14.8. The van der Waals surface area contributed by atoms with Gasteiger partial charge in [0.15, 0.2) is 0 Å². The third-order valence-corrected chi connectivity index (χ3v) is 15.5. The Kier molecular flexibility index (Phi) is 11.8. The van der Waals surface area contributed by atoms with Gasteiger partial charge >= 0.3 is 6.09 Å². The van der Waals surface area contributed by atoms with E-state index < -0.39 is 18.2 Å². The first-order valence-corrected chi connectivity index (χ1v) is 25.0. The summed E-state index contributed by atoms with van der Waals surface area (Å²) in [7, 11) is 1.30. The van der Waals surface area contributed by atoms with Crippen LogP contribution in [-0.2, 0) is 38.6 Å². The van der Waals surface area contributed by atoms with Crippen LogP contribution in [0.2, 0.25) is 0 Å². The zero-order valence-electron chi connectivity index (χ0n) is 39.4. The van der Waals surface area contributed by atoms with E-state index in [4.69, 9.17) is 19.4 Å². The number of nitrogens with one attached hydrogen (secondary N) is 4. The number of aromatic amines is 2. The predicted octanol–water partition coefficient (Wildman–Crippen LogP) is 9.15. The Balaban J connectivity index is 0.818. The van der Waals surface area contributed by atoms with E-state index in [2.05, 4.69) is 69.1 Å².